The summed E-state index contributed by atoms with van der Waals surface area (Å²) in [4.78, 5) is 5.05. The van der Waals surface area contributed by atoms with Crippen molar-refractivity contribution in [3.63, 3.8) is 0 Å². The topological polar surface area (TPSA) is 65.9 Å². The summed E-state index contributed by atoms with van der Waals surface area (Å²) >= 11 is 0. The molecule has 136 valence electrons. The third-order valence-corrected chi connectivity index (χ3v) is 5.70. The molecule has 1 N–H and O–H groups in total. The first-order valence-electron chi connectivity index (χ1n) is 9.49. The van der Waals surface area contributed by atoms with Gasteiger partial charge < -0.3 is 9.47 Å². The van der Waals surface area contributed by atoms with E-state index in [1.807, 2.05) is 12.4 Å². The molecular formula is C18H29N7. The van der Waals surface area contributed by atoms with Crippen LogP contribution in [0.4, 0.5) is 0 Å². The Bertz CT molecular complexity index is 674. The summed E-state index contributed by atoms with van der Waals surface area (Å²) in [6.45, 7) is 4.43. The van der Waals surface area contributed by atoms with E-state index in [1.165, 1.54) is 50.2 Å². The van der Waals surface area contributed by atoms with E-state index in [-0.39, 0.29) is 0 Å². The smallest absolute Gasteiger partial charge is 0.146 e. The number of nitrogens with zero attached hydrogens (tertiary/aromatic N) is 6. The summed E-state index contributed by atoms with van der Waals surface area (Å²) in [5, 5.41) is 15.7. The van der Waals surface area contributed by atoms with Crippen molar-refractivity contribution in [2.24, 2.45) is 7.05 Å². The molecule has 1 aliphatic carbocycles. The van der Waals surface area contributed by atoms with Crippen LogP contribution in [0.1, 0.15) is 48.8 Å². The number of hydrogen-bond acceptors (Lipinski definition) is 5. The summed E-state index contributed by atoms with van der Waals surface area (Å²) in [5.41, 5.74) is 1.31. The lowest BCUT2D eigenvalue weighted by molar-refractivity contribution is 0.218. The lowest BCUT2D eigenvalue weighted by atomic mass is 10.2. The van der Waals surface area contributed by atoms with Crippen LogP contribution in [0.5, 0.6) is 0 Å². The number of likely N-dealkylation sites (tertiary alicyclic amines) is 1. The number of aromatic amines is 1. The SMILES string of the molecule is CN(Cc1nnc(C2CC2)n1C)[C@H]1CCN(CCCc2cn[nH]c2)C1. The Morgan fingerprint density at radius 1 is 1.28 bits per heavy atom. The standard InChI is InChI=1S/C18H29N7/c1-23(13-17-21-22-18(24(17)2)15-5-6-15)16-7-9-25(12-16)8-3-4-14-10-19-20-11-14/h10-11,15-16H,3-9,12-13H2,1-2H3,(H,19,20)/t16-/m0/s1. The van der Waals surface area contributed by atoms with Crippen LogP contribution in [0.15, 0.2) is 12.4 Å². The van der Waals surface area contributed by atoms with Crippen molar-refractivity contribution in [2.75, 3.05) is 26.7 Å². The molecule has 2 aromatic heterocycles. The van der Waals surface area contributed by atoms with Gasteiger partial charge in [-0.15, -0.1) is 10.2 Å². The first-order valence-corrected chi connectivity index (χ1v) is 9.49. The molecule has 1 saturated carbocycles. The van der Waals surface area contributed by atoms with E-state index in [4.69, 9.17) is 0 Å². The number of aromatic nitrogens is 5. The molecule has 1 aliphatic heterocycles. The van der Waals surface area contributed by atoms with Crippen molar-refractivity contribution in [3.05, 3.63) is 29.6 Å². The number of aryl methyl sites for hydroxylation is 1. The average Bonchev–Trinajstić information content (AvgIpc) is 3.01. The van der Waals surface area contributed by atoms with Crippen LogP contribution in [0, 0.1) is 0 Å². The summed E-state index contributed by atoms with van der Waals surface area (Å²) < 4.78 is 2.21. The zero-order valence-corrected chi connectivity index (χ0v) is 15.4. The van der Waals surface area contributed by atoms with Crippen LogP contribution >= 0.6 is 0 Å². The fraction of sp³-hybridized carbons (Fsp3) is 0.722. The van der Waals surface area contributed by atoms with Gasteiger partial charge in [0.05, 0.1) is 12.7 Å². The highest BCUT2D eigenvalue weighted by Gasteiger charge is 2.30. The molecular weight excluding hydrogens is 314 g/mol. The van der Waals surface area contributed by atoms with E-state index in [9.17, 15) is 0 Å². The Hall–Kier alpha value is -1.73. The molecule has 0 amide bonds. The Morgan fingerprint density at radius 3 is 2.92 bits per heavy atom. The third-order valence-electron chi connectivity index (χ3n) is 5.70. The van der Waals surface area contributed by atoms with Gasteiger partial charge in [0.25, 0.3) is 0 Å². The fourth-order valence-electron chi connectivity index (χ4n) is 3.86. The largest absolute Gasteiger partial charge is 0.317 e. The van der Waals surface area contributed by atoms with Crippen molar-refractivity contribution in [1.29, 1.82) is 0 Å². The van der Waals surface area contributed by atoms with E-state index in [0.29, 0.717) is 12.0 Å². The zero-order valence-electron chi connectivity index (χ0n) is 15.4. The van der Waals surface area contributed by atoms with E-state index in [2.05, 4.69) is 48.9 Å². The van der Waals surface area contributed by atoms with Gasteiger partial charge in [-0.3, -0.25) is 10.00 Å². The summed E-state index contributed by atoms with van der Waals surface area (Å²) in [5.74, 6) is 2.94. The van der Waals surface area contributed by atoms with Crippen molar-refractivity contribution < 1.29 is 0 Å². The predicted molar refractivity (Wildman–Crippen MR) is 96.2 cm³/mol. The van der Waals surface area contributed by atoms with Crippen LogP contribution < -0.4 is 0 Å². The lowest BCUT2D eigenvalue weighted by Gasteiger charge is -2.24. The average molecular weight is 343 g/mol. The normalized spacial score (nSPS) is 21.5. The quantitative estimate of drug-likeness (QED) is 0.788. The summed E-state index contributed by atoms with van der Waals surface area (Å²) in [6, 6.07) is 0.620. The van der Waals surface area contributed by atoms with E-state index < -0.39 is 0 Å². The van der Waals surface area contributed by atoms with Gasteiger partial charge in [-0.25, -0.2) is 0 Å². The van der Waals surface area contributed by atoms with Crippen LogP contribution in [-0.4, -0.2) is 67.5 Å². The zero-order chi connectivity index (χ0) is 17.2. The highest BCUT2D eigenvalue weighted by Crippen LogP contribution is 2.38. The molecule has 7 heteroatoms. The second-order valence-electron chi connectivity index (χ2n) is 7.68. The van der Waals surface area contributed by atoms with Crippen LogP contribution in [-0.2, 0) is 20.0 Å². The first-order chi connectivity index (χ1) is 12.2. The molecule has 2 fully saturated rings. The fourth-order valence-corrected chi connectivity index (χ4v) is 3.86. The van der Waals surface area contributed by atoms with Crippen LogP contribution in [0.2, 0.25) is 0 Å². The Morgan fingerprint density at radius 2 is 2.16 bits per heavy atom. The number of likely N-dealkylation sites (N-methyl/N-ethyl adjacent to an activating group) is 1. The minimum absolute atomic E-state index is 0.620. The lowest BCUT2D eigenvalue weighted by Crippen LogP contribution is -2.35. The monoisotopic (exact) mass is 343 g/mol. The molecule has 2 aromatic rings. The van der Waals surface area contributed by atoms with Gasteiger partial charge in [0.15, 0.2) is 0 Å². The number of rotatable bonds is 8. The van der Waals surface area contributed by atoms with Gasteiger partial charge in [-0.2, -0.15) is 5.10 Å². The van der Waals surface area contributed by atoms with Crippen molar-refractivity contribution >= 4 is 0 Å². The van der Waals surface area contributed by atoms with Crippen LogP contribution in [0.25, 0.3) is 0 Å². The minimum atomic E-state index is 0.620. The van der Waals surface area contributed by atoms with Crippen molar-refractivity contribution in [2.45, 2.75) is 50.6 Å². The highest BCUT2D eigenvalue weighted by atomic mass is 15.3. The molecule has 1 saturated heterocycles. The molecule has 2 aliphatic rings. The van der Waals surface area contributed by atoms with Crippen LogP contribution in [0.3, 0.4) is 0 Å². The molecule has 0 spiro atoms. The van der Waals surface area contributed by atoms with E-state index in [1.54, 1.807) is 0 Å². The number of H-pyrrole nitrogens is 1. The Kier molecular flexibility index (Phi) is 4.85. The molecule has 4 rings (SSSR count). The summed E-state index contributed by atoms with van der Waals surface area (Å²) in [6.07, 6.45) is 10.0. The molecule has 7 nitrogen and oxygen atoms in total. The Labute approximate surface area is 149 Å². The molecule has 25 heavy (non-hydrogen) atoms. The maximum absolute atomic E-state index is 4.43. The Balaban J connectivity index is 1.23. The molecule has 3 heterocycles. The van der Waals surface area contributed by atoms with E-state index >= 15 is 0 Å². The predicted octanol–water partition coefficient (Wildman–Crippen LogP) is 1.55. The van der Waals surface area contributed by atoms with Gasteiger partial charge >= 0.3 is 0 Å². The minimum Gasteiger partial charge on any atom is -0.317 e. The van der Waals surface area contributed by atoms with Crippen molar-refractivity contribution in [3.8, 4) is 0 Å². The highest BCUT2D eigenvalue weighted by molar-refractivity contribution is 5.08. The maximum atomic E-state index is 4.43. The van der Waals surface area contributed by atoms with Gasteiger partial charge in [-0.05, 0) is 57.8 Å². The second kappa shape index (κ2) is 7.25. The van der Waals surface area contributed by atoms with Gasteiger partial charge in [0.1, 0.15) is 11.6 Å². The second-order valence-corrected chi connectivity index (χ2v) is 7.68. The molecule has 0 bridgehead atoms. The van der Waals surface area contributed by atoms with Gasteiger partial charge in [-0.1, -0.05) is 0 Å². The summed E-state index contributed by atoms with van der Waals surface area (Å²) in [7, 11) is 4.35. The molecule has 0 unspecified atom stereocenters. The number of nitrogens with one attached hydrogen (secondary N) is 1. The molecule has 0 aromatic carbocycles. The number of hydrogen-bond donors (Lipinski definition) is 1. The first kappa shape index (κ1) is 16.7. The van der Waals surface area contributed by atoms with Gasteiger partial charge in [0, 0.05) is 31.7 Å². The maximum Gasteiger partial charge on any atom is 0.146 e. The van der Waals surface area contributed by atoms with Crippen molar-refractivity contribution in [1.82, 2.24) is 34.8 Å². The molecule has 0 radical (unpaired) electrons. The third kappa shape index (κ3) is 3.93. The molecule has 1 atom stereocenters. The van der Waals surface area contributed by atoms with Gasteiger partial charge in [0.2, 0.25) is 0 Å². The van der Waals surface area contributed by atoms with E-state index in [0.717, 1.165) is 25.3 Å².